The molecule has 0 bridgehead atoms. The van der Waals surface area contributed by atoms with Gasteiger partial charge >= 0.3 is 0 Å². The zero-order valence-electron chi connectivity index (χ0n) is 30.9. The van der Waals surface area contributed by atoms with Crippen LogP contribution >= 0.6 is 11.6 Å². The summed E-state index contributed by atoms with van der Waals surface area (Å²) in [7, 11) is 2.06. The minimum absolute atomic E-state index is 0.0990. The highest BCUT2D eigenvalue weighted by Gasteiger charge is 2.45. The molecule has 12 nitrogen and oxygen atoms in total. The summed E-state index contributed by atoms with van der Waals surface area (Å²) in [6.07, 6.45) is 10.1. The van der Waals surface area contributed by atoms with Gasteiger partial charge in [0.2, 0.25) is 17.5 Å². The molecule has 5 aliphatic rings. The van der Waals surface area contributed by atoms with Gasteiger partial charge in [0.05, 0.1) is 17.7 Å². The van der Waals surface area contributed by atoms with Gasteiger partial charge in [-0.2, -0.15) is 0 Å². The van der Waals surface area contributed by atoms with Crippen LogP contribution in [-0.4, -0.2) is 76.0 Å². The number of benzene rings is 2. The third kappa shape index (κ3) is 7.35. The van der Waals surface area contributed by atoms with E-state index in [2.05, 4.69) is 43.4 Å². The van der Waals surface area contributed by atoms with Gasteiger partial charge in [-0.25, -0.2) is 4.85 Å². The van der Waals surface area contributed by atoms with Crippen LogP contribution in [0.2, 0.25) is 5.02 Å². The van der Waals surface area contributed by atoms with E-state index in [1.54, 1.807) is 6.07 Å². The van der Waals surface area contributed by atoms with Gasteiger partial charge in [0.1, 0.15) is 11.7 Å². The Kier molecular flexibility index (Phi) is 10.2. The van der Waals surface area contributed by atoms with E-state index in [0.29, 0.717) is 58.5 Å². The Morgan fingerprint density at radius 1 is 0.927 bits per heavy atom. The Labute approximate surface area is 325 Å². The number of rotatable bonds is 8. The van der Waals surface area contributed by atoms with Gasteiger partial charge in [0, 0.05) is 62.1 Å². The average Bonchev–Trinajstić information content (AvgIpc) is 3.69. The van der Waals surface area contributed by atoms with E-state index < -0.39 is 23.8 Å². The van der Waals surface area contributed by atoms with Crippen LogP contribution in [-0.2, 0) is 22.7 Å². The van der Waals surface area contributed by atoms with Gasteiger partial charge in [-0.3, -0.25) is 44.1 Å². The lowest BCUT2D eigenvalue weighted by Crippen LogP contribution is -2.54. The second-order valence-electron chi connectivity index (χ2n) is 15.8. The molecule has 3 aliphatic heterocycles. The zero-order chi connectivity index (χ0) is 38.4. The maximum absolute atomic E-state index is 13.3. The molecule has 284 valence electrons. The first-order valence-electron chi connectivity index (χ1n) is 19.3. The first kappa shape index (κ1) is 36.8. The minimum Gasteiger partial charge on any atom is -0.372 e. The molecule has 2 aromatic carbocycles. The Bertz CT molecular complexity index is 2050. The second-order valence-corrected chi connectivity index (χ2v) is 16.2. The maximum atomic E-state index is 13.3. The molecule has 8 rings (SSSR count). The van der Waals surface area contributed by atoms with Crippen LogP contribution in [0.15, 0.2) is 48.7 Å². The molecule has 1 aromatic heterocycles. The third-order valence-corrected chi connectivity index (χ3v) is 12.7. The lowest BCUT2D eigenvalue weighted by Gasteiger charge is -2.36. The molecule has 13 heteroatoms. The summed E-state index contributed by atoms with van der Waals surface area (Å²) in [6, 6.07) is 12.6. The van der Waals surface area contributed by atoms with Gasteiger partial charge in [0.15, 0.2) is 0 Å². The standard InChI is InChI=1S/C42H44ClN7O5/c1-44-35-14-12-31(19-34(35)43)48(2)30-10-8-29(9-11-30)46-39(52)36-13-7-26(20-45-36)25-5-3-24(4-6-25)21-49-22-27-17-32-33(18-28(27)23-49)42(55)50(41(32)54)37-15-16-38(51)47-40(37)53/h7,12-14,17-20,24-25,29-30,37H,3-6,8-11,15-16,21-23H2,2H3,(H,46,52)(H,47,51,53). The van der Waals surface area contributed by atoms with Crippen LogP contribution in [0.3, 0.4) is 0 Å². The van der Waals surface area contributed by atoms with E-state index in [1.807, 2.05) is 36.5 Å². The molecule has 3 aromatic rings. The molecule has 5 amide bonds. The van der Waals surface area contributed by atoms with Crippen molar-refractivity contribution >= 4 is 52.5 Å². The Balaban J connectivity index is 0.784. The lowest BCUT2D eigenvalue weighted by molar-refractivity contribution is -0.136. The lowest BCUT2D eigenvalue weighted by atomic mass is 9.79. The summed E-state index contributed by atoms with van der Waals surface area (Å²) in [5.41, 5.74) is 5.83. The highest BCUT2D eigenvalue weighted by atomic mass is 35.5. The molecule has 0 spiro atoms. The molecule has 2 N–H and O–H groups in total. The number of imide groups is 2. The zero-order valence-corrected chi connectivity index (χ0v) is 31.6. The SMILES string of the molecule is [C-]#[N+]c1ccc(N(C)C2CCC(NC(=O)c3ccc(C4CCC(CN5Cc6cc7c(cc6C5)C(=O)N(C5CCC(=O)NC5=O)C7=O)CC4)cn3)CC2)cc1Cl. The van der Waals surface area contributed by atoms with Gasteiger partial charge in [0.25, 0.3) is 17.7 Å². The number of nitrogens with zero attached hydrogens (tertiary/aromatic N) is 5. The smallest absolute Gasteiger partial charge is 0.270 e. The van der Waals surface area contributed by atoms with Crippen molar-refractivity contribution in [3.8, 4) is 0 Å². The number of hydrogen-bond donors (Lipinski definition) is 2. The van der Waals surface area contributed by atoms with E-state index in [0.717, 1.165) is 79.6 Å². The molecular weight excluding hydrogens is 718 g/mol. The van der Waals surface area contributed by atoms with Crippen LogP contribution in [0.5, 0.6) is 0 Å². The first-order chi connectivity index (χ1) is 26.6. The number of amides is 5. The number of fused-ring (bicyclic) bond motifs is 2. The van der Waals surface area contributed by atoms with E-state index in [9.17, 15) is 24.0 Å². The van der Waals surface area contributed by atoms with Crippen LogP contribution in [0.1, 0.15) is 118 Å². The number of hydrogen-bond acceptors (Lipinski definition) is 8. The quantitative estimate of drug-likeness (QED) is 0.206. The van der Waals surface area contributed by atoms with E-state index in [1.165, 1.54) is 5.56 Å². The van der Waals surface area contributed by atoms with Crippen molar-refractivity contribution in [2.75, 3.05) is 18.5 Å². The fourth-order valence-corrected chi connectivity index (χ4v) is 9.49. The topological polar surface area (TPSA) is 136 Å². The minimum atomic E-state index is -0.959. The second kappa shape index (κ2) is 15.2. The van der Waals surface area contributed by atoms with Gasteiger partial charge < -0.3 is 10.2 Å². The van der Waals surface area contributed by atoms with Crippen molar-refractivity contribution in [1.82, 2.24) is 25.4 Å². The van der Waals surface area contributed by atoms with Gasteiger partial charge in [-0.05, 0) is 117 Å². The summed E-state index contributed by atoms with van der Waals surface area (Å²) >= 11 is 6.27. The monoisotopic (exact) mass is 761 g/mol. The molecule has 1 saturated heterocycles. The largest absolute Gasteiger partial charge is 0.372 e. The average molecular weight is 762 g/mol. The first-order valence-corrected chi connectivity index (χ1v) is 19.7. The summed E-state index contributed by atoms with van der Waals surface area (Å²) in [5.74, 6) is -1.10. The number of halogens is 1. The van der Waals surface area contributed by atoms with Crippen molar-refractivity contribution in [3.63, 3.8) is 0 Å². The molecule has 1 atom stereocenters. The number of carbonyl (C=O) groups is 5. The normalized spacial score (nSPS) is 25.3. The van der Waals surface area contributed by atoms with Crippen molar-refractivity contribution in [2.24, 2.45) is 5.92 Å². The summed E-state index contributed by atoms with van der Waals surface area (Å²) in [6.45, 7) is 9.59. The molecule has 3 fully saturated rings. The molecule has 0 radical (unpaired) electrons. The van der Waals surface area contributed by atoms with Gasteiger partial charge in [-0.1, -0.05) is 23.7 Å². The third-order valence-electron chi connectivity index (χ3n) is 12.4. The van der Waals surface area contributed by atoms with E-state index in [4.69, 9.17) is 18.2 Å². The summed E-state index contributed by atoms with van der Waals surface area (Å²) in [4.78, 5) is 77.4. The van der Waals surface area contributed by atoms with Crippen LogP contribution < -0.4 is 15.5 Å². The Morgan fingerprint density at radius 2 is 1.62 bits per heavy atom. The fraction of sp³-hybridized carbons (Fsp3) is 0.452. The van der Waals surface area contributed by atoms with Crippen molar-refractivity contribution in [3.05, 3.63) is 98.6 Å². The molecular formula is C42H44ClN7O5. The van der Waals surface area contributed by atoms with Crippen LogP contribution in [0.25, 0.3) is 4.85 Å². The number of piperidine rings is 1. The van der Waals surface area contributed by atoms with Gasteiger partial charge in [-0.15, -0.1) is 0 Å². The van der Waals surface area contributed by atoms with Crippen molar-refractivity contribution < 1.29 is 24.0 Å². The van der Waals surface area contributed by atoms with E-state index >= 15 is 0 Å². The van der Waals surface area contributed by atoms with Crippen molar-refractivity contribution in [2.45, 2.75) is 101 Å². The highest BCUT2D eigenvalue weighted by Crippen LogP contribution is 2.39. The molecule has 2 aliphatic carbocycles. The predicted molar refractivity (Wildman–Crippen MR) is 206 cm³/mol. The molecule has 2 saturated carbocycles. The fourth-order valence-electron chi connectivity index (χ4n) is 9.28. The van der Waals surface area contributed by atoms with Crippen molar-refractivity contribution in [1.29, 1.82) is 0 Å². The number of carbonyl (C=O) groups excluding carboxylic acids is 5. The Hall–Kier alpha value is -5.12. The Morgan fingerprint density at radius 3 is 2.22 bits per heavy atom. The molecule has 55 heavy (non-hydrogen) atoms. The molecule has 4 heterocycles. The maximum Gasteiger partial charge on any atom is 0.270 e. The van der Waals surface area contributed by atoms with Crippen LogP contribution in [0.4, 0.5) is 11.4 Å². The van der Waals surface area contributed by atoms with Crippen LogP contribution in [0, 0.1) is 12.5 Å². The summed E-state index contributed by atoms with van der Waals surface area (Å²) in [5, 5.41) is 5.91. The number of nitrogens with one attached hydrogen (secondary N) is 2. The number of anilines is 1. The molecule has 1 unspecified atom stereocenters. The number of aromatic nitrogens is 1. The highest BCUT2D eigenvalue weighted by molar-refractivity contribution is 6.33. The number of pyridine rings is 1. The summed E-state index contributed by atoms with van der Waals surface area (Å²) < 4.78 is 0. The van der Waals surface area contributed by atoms with E-state index in [-0.39, 0.29) is 30.7 Å². The predicted octanol–water partition coefficient (Wildman–Crippen LogP) is 6.15.